The summed E-state index contributed by atoms with van der Waals surface area (Å²) in [7, 11) is -3.16. The predicted octanol–water partition coefficient (Wildman–Crippen LogP) is 0.636. The lowest BCUT2D eigenvalue weighted by Gasteiger charge is -2.39. The molecule has 21 heavy (non-hydrogen) atoms. The van der Waals surface area contributed by atoms with Crippen molar-refractivity contribution in [3.05, 3.63) is 0 Å². The minimum Gasteiger partial charge on any atom is -0.340 e. The summed E-state index contributed by atoms with van der Waals surface area (Å²) in [6, 6.07) is 0. The van der Waals surface area contributed by atoms with Gasteiger partial charge in [-0.3, -0.25) is 4.79 Å². The smallest absolute Gasteiger partial charge is 0.230 e. The Hall–Kier alpha value is -0.660. The maximum absolute atomic E-state index is 12.7. The number of hydrogen-bond acceptors (Lipinski definition) is 4. The highest BCUT2D eigenvalue weighted by molar-refractivity contribution is 7.89. The van der Waals surface area contributed by atoms with Crippen LogP contribution in [-0.4, -0.2) is 62.0 Å². The van der Waals surface area contributed by atoms with Crippen molar-refractivity contribution in [2.45, 2.75) is 40.0 Å². The lowest BCUT2D eigenvalue weighted by molar-refractivity contribution is -0.143. The van der Waals surface area contributed by atoms with Gasteiger partial charge in [0.15, 0.2) is 0 Å². The predicted molar refractivity (Wildman–Crippen MR) is 84.3 cm³/mol. The molecule has 6 nitrogen and oxygen atoms in total. The largest absolute Gasteiger partial charge is 0.340 e. The molecule has 0 saturated carbocycles. The van der Waals surface area contributed by atoms with E-state index in [0.717, 1.165) is 0 Å². The summed E-state index contributed by atoms with van der Waals surface area (Å²) in [5.41, 5.74) is 5.32. The van der Waals surface area contributed by atoms with Crippen LogP contribution in [0.2, 0.25) is 0 Å². The molecule has 0 unspecified atom stereocenters. The number of nitrogens with two attached hydrogens (primary N) is 1. The summed E-state index contributed by atoms with van der Waals surface area (Å²) in [4.78, 5) is 14.4. The van der Waals surface area contributed by atoms with Gasteiger partial charge in [-0.05, 0) is 19.3 Å². The second kappa shape index (κ2) is 7.56. The number of nitrogens with zero attached hydrogens (tertiary/aromatic N) is 2. The minimum atomic E-state index is -3.16. The third kappa shape index (κ3) is 3.96. The normalized spacial score (nSPS) is 18.0. The van der Waals surface area contributed by atoms with E-state index in [1.807, 2.05) is 20.8 Å². The first-order valence-corrected chi connectivity index (χ1v) is 9.45. The molecule has 1 rings (SSSR count). The number of amides is 1. The van der Waals surface area contributed by atoms with Crippen molar-refractivity contribution in [2.24, 2.45) is 11.1 Å². The Morgan fingerprint density at radius 3 is 2.00 bits per heavy atom. The number of rotatable bonds is 7. The fourth-order valence-electron chi connectivity index (χ4n) is 2.82. The number of sulfonamides is 1. The average molecular weight is 319 g/mol. The van der Waals surface area contributed by atoms with Gasteiger partial charge in [0.05, 0.1) is 11.2 Å². The van der Waals surface area contributed by atoms with E-state index in [1.54, 1.807) is 4.90 Å². The van der Waals surface area contributed by atoms with E-state index in [-0.39, 0.29) is 11.7 Å². The summed E-state index contributed by atoms with van der Waals surface area (Å²) in [6.07, 6.45) is 2.05. The molecule has 0 aromatic rings. The molecular weight excluding hydrogens is 290 g/mol. The Morgan fingerprint density at radius 2 is 1.62 bits per heavy atom. The van der Waals surface area contributed by atoms with Crippen molar-refractivity contribution in [2.75, 3.05) is 38.5 Å². The topological polar surface area (TPSA) is 83.7 Å². The summed E-state index contributed by atoms with van der Waals surface area (Å²) in [5.74, 6) is 0.250. The summed E-state index contributed by atoms with van der Waals surface area (Å²) < 4.78 is 25.6. The van der Waals surface area contributed by atoms with Gasteiger partial charge in [0.2, 0.25) is 15.9 Å². The van der Waals surface area contributed by atoms with Crippen molar-refractivity contribution >= 4 is 15.9 Å². The fraction of sp³-hybridized carbons (Fsp3) is 0.929. The van der Waals surface area contributed by atoms with Crippen LogP contribution in [0.25, 0.3) is 0 Å². The highest BCUT2D eigenvalue weighted by Gasteiger charge is 2.38. The molecule has 1 fully saturated rings. The Balaban J connectivity index is 2.70. The van der Waals surface area contributed by atoms with Crippen LogP contribution >= 0.6 is 0 Å². The van der Waals surface area contributed by atoms with Crippen molar-refractivity contribution < 1.29 is 13.2 Å². The zero-order valence-electron chi connectivity index (χ0n) is 13.5. The SMILES string of the molecule is CCCS(=O)(=O)N1CCN(C(=O)C(CC)(CC)CN)CC1. The first-order chi connectivity index (χ1) is 9.86. The van der Waals surface area contributed by atoms with Crippen molar-refractivity contribution in [1.82, 2.24) is 9.21 Å². The molecule has 7 heteroatoms. The van der Waals surface area contributed by atoms with Crippen LogP contribution in [0.15, 0.2) is 0 Å². The molecule has 0 aliphatic carbocycles. The Labute approximate surface area is 128 Å². The molecule has 1 aliphatic rings. The zero-order chi connectivity index (χ0) is 16.1. The van der Waals surface area contributed by atoms with Gasteiger partial charge in [0.25, 0.3) is 0 Å². The number of carbonyl (C=O) groups excluding carboxylic acids is 1. The van der Waals surface area contributed by atoms with E-state index in [4.69, 9.17) is 5.73 Å². The van der Waals surface area contributed by atoms with E-state index in [0.29, 0.717) is 52.0 Å². The third-order valence-corrected chi connectivity index (χ3v) is 6.66. The number of carbonyl (C=O) groups is 1. The molecule has 124 valence electrons. The van der Waals surface area contributed by atoms with Gasteiger partial charge in [-0.1, -0.05) is 20.8 Å². The van der Waals surface area contributed by atoms with E-state index in [9.17, 15) is 13.2 Å². The molecule has 0 aromatic heterocycles. The lowest BCUT2D eigenvalue weighted by Crippen LogP contribution is -2.55. The highest BCUT2D eigenvalue weighted by atomic mass is 32.2. The van der Waals surface area contributed by atoms with E-state index >= 15 is 0 Å². The summed E-state index contributed by atoms with van der Waals surface area (Å²) in [6.45, 7) is 7.87. The third-order valence-electron chi connectivity index (χ3n) is 4.58. The molecule has 0 bridgehead atoms. The van der Waals surface area contributed by atoms with Crippen LogP contribution in [0.4, 0.5) is 0 Å². The molecule has 1 saturated heterocycles. The van der Waals surface area contributed by atoms with Crippen molar-refractivity contribution in [3.63, 3.8) is 0 Å². The van der Waals surface area contributed by atoms with E-state index in [1.165, 1.54) is 4.31 Å². The molecule has 0 aromatic carbocycles. The van der Waals surface area contributed by atoms with Crippen LogP contribution in [0.3, 0.4) is 0 Å². The van der Waals surface area contributed by atoms with Crippen LogP contribution in [-0.2, 0) is 14.8 Å². The van der Waals surface area contributed by atoms with Gasteiger partial charge in [-0.25, -0.2) is 8.42 Å². The molecule has 1 amide bonds. The zero-order valence-corrected chi connectivity index (χ0v) is 14.3. The quantitative estimate of drug-likeness (QED) is 0.746. The van der Waals surface area contributed by atoms with Crippen LogP contribution in [0.1, 0.15) is 40.0 Å². The van der Waals surface area contributed by atoms with Gasteiger partial charge < -0.3 is 10.6 Å². The lowest BCUT2D eigenvalue weighted by atomic mass is 9.81. The molecule has 0 atom stereocenters. The van der Waals surface area contributed by atoms with Crippen molar-refractivity contribution in [1.29, 1.82) is 0 Å². The van der Waals surface area contributed by atoms with Gasteiger partial charge >= 0.3 is 0 Å². The second-order valence-corrected chi connectivity index (χ2v) is 7.79. The van der Waals surface area contributed by atoms with Gasteiger partial charge in [-0.15, -0.1) is 0 Å². The maximum atomic E-state index is 12.7. The summed E-state index contributed by atoms with van der Waals surface area (Å²) in [5, 5.41) is 0. The minimum absolute atomic E-state index is 0.0718. The first kappa shape index (κ1) is 18.4. The van der Waals surface area contributed by atoms with Gasteiger partial charge in [-0.2, -0.15) is 4.31 Å². The van der Waals surface area contributed by atoms with E-state index < -0.39 is 15.4 Å². The highest BCUT2D eigenvalue weighted by Crippen LogP contribution is 2.28. The maximum Gasteiger partial charge on any atom is 0.230 e. The molecule has 1 heterocycles. The number of piperazine rings is 1. The molecule has 0 radical (unpaired) electrons. The molecule has 2 N–H and O–H groups in total. The number of hydrogen-bond donors (Lipinski definition) is 1. The second-order valence-electron chi connectivity index (χ2n) is 5.70. The average Bonchev–Trinajstić information content (AvgIpc) is 2.49. The van der Waals surface area contributed by atoms with Gasteiger partial charge in [0.1, 0.15) is 0 Å². The first-order valence-electron chi connectivity index (χ1n) is 7.84. The monoisotopic (exact) mass is 319 g/mol. The molecule has 0 spiro atoms. The molecule has 1 aliphatic heterocycles. The summed E-state index contributed by atoms with van der Waals surface area (Å²) >= 11 is 0. The van der Waals surface area contributed by atoms with Crippen LogP contribution in [0.5, 0.6) is 0 Å². The van der Waals surface area contributed by atoms with E-state index in [2.05, 4.69) is 0 Å². The van der Waals surface area contributed by atoms with Gasteiger partial charge in [0, 0.05) is 32.7 Å². The fourth-order valence-corrected chi connectivity index (χ4v) is 4.31. The van der Waals surface area contributed by atoms with Crippen LogP contribution < -0.4 is 5.73 Å². The Morgan fingerprint density at radius 1 is 1.10 bits per heavy atom. The van der Waals surface area contributed by atoms with Crippen molar-refractivity contribution in [3.8, 4) is 0 Å². The Bertz CT molecular complexity index is 430. The molecular formula is C14H29N3O3S. The Kier molecular flexibility index (Phi) is 6.62. The standard InChI is InChI=1S/C14H29N3O3S/c1-4-11-21(19,20)17-9-7-16(8-10-17)13(18)14(5-2,6-3)12-15/h4-12,15H2,1-3H3. The van der Waals surface area contributed by atoms with Crippen LogP contribution in [0, 0.1) is 5.41 Å².